The molecule has 0 spiro atoms. The van der Waals surface area contributed by atoms with Crippen molar-refractivity contribution in [2.24, 2.45) is 0 Å². The van der Waals surface area contributed by atoms with Gasteiger partial charge in [0.25, 0.3) is 0 Å². The van der Waals surface area contributed by atoms with Crippen molar-refractivity contribution in [1.29, 1.82) is 0 Å². The first-order chi connectivity index (χ1) is 12.1. The lowest BCUT2D eigenvalue weighted by Gasteiger charge is -2.36. The Morgan fingerprint density at radius 3 is 2.76 bits per heavy atom. The average Bonchev–Trinajstić information content (AvgIpc) is 3.11. The normalized spacial score (nSPS) is 26.6. The Hall–Kier alpha value is -1.66. The topological polar surface area (TPSA) is 63.7 Å². The summed E-state index contributed by atoms with van der Waals surface area (Å²) >= 11 is 0. The van der Waals surface area contributed by atoms with E-state index in [4.69, 9.17) is 9.47 Å². The maximum atomic E-state index is 12.0. The van der Waals surface area contributed by atoms with Crippen molar-refractivity contribution in [1.82, 2.24) is 10.3 Å². The molecule has 0 saturated carbocycles. The lowest BCUT2D eigenvalue weighted by molar-refractivity contribution is -0.121. The minimum atomic E-state index is 0.0791. The highest BCUT2D eigenvalue weighted by Crippen LogP contribution is 2.19. The van der Waals surface area contributed by atoms with Crippen molar-refractivity contribution in [2.45, 2.75) is 64.4 Å². The van der Waals surface area contributed by atoms with Gasteiger partial charge in [-0.25, -0.2) is 4.98 Å². The number of hydrogen-bond acceptors (Lipinski definition) is 5. The molecule has 1 amide bonds. The quantitative estimate of drug-likeness (QED) is 0.855. The summed E-state index contributed by atoms with van der Waals surface area (Å²) < 4.78 is 11.3. The highest BCUT2D eigenvalue weighted by atomic mass is 16.5. The van der Waals surface area contributed by atoms with Crippen LogP contribution in [0.5, 0.6) is 0 Å². The van der Waals surface area contributed by atoms with Crippen LogP contribution in [0.1, 0.15) is 45.1 Å². The molecule has 2 aliphatic rings. The SMILES string of the molecule is C[C@@H]1CN(c2ccc(CNC(=O)CC[C@H]3CCCO3)cn2)C[C@@H](C)O1. The van der Waals surface area contributed by atoms with Crippen LogP contribution in [0.25, 0.3) is 0 Å². The fourth-order valence-electron chi connectivity index (χ4n) is 3.53. The molecule has 1 aromatic heterocycles. The number of nitrogens with one attached hydrogen (secondary N) is 1. The molecule has 3 atom stereocenters. The van der Waals surface area contributed by atoms with Gasteiger partial charge in [0, 0.05) is 38.9 Å². The molecule has 3 heterocycles. The van der Waals surface area contributed by atoms with Gasteiger partial charge in [-0.2, -0.15) is 0 Å². The van der Waals surface area contributed by atoms with Crippen LogP contribution in [0.3, 0.4) is 0 Å². The Bertz CT molecular complexity index is 548. The van der Waals surface area contributed by atoms with Gasteiger partial charge in [0.2, 0.25) is 5.91 Å². The number of amides is 1. The molecule has 138 valence electrons. The van der Waals surface area contributed by atoms with Gasteiger partial charge in [0.15, 0.2) is 0 Å². The maximum absolute atomic E-state index is 12.0. The molecule has 25 heavy (non-hydrogen) atoms. The number of morpholine rings is 1. The van der Waals surface area contributed by atoms with Gasteiger partial charge in [-0.1, -0.05) is 6.07 Å². The molecule has 6 heteroatoms. The van der Waals surface area contributed by atoms with E-state index < -0.39 is 0 Å². The number of ether oxygens (including phenoxy) is 2. The van der Waals surface area contributed by atoms with Gasteiger partial charge in [0.05, 0.1) is 18.3 Å². The standard InChI is InChI=1S/C19H29N3O3/c1-14-12-22(13-15(2)25-14)18-7-5-16(10-20-18)11-21-19(23)8-6-17-4-3-9-24-17/h5,7,10,14-15,17H,3-4,6,8-9,11-13H2,1-2H3,(H,21,23)/t14-,15-,17-/m1/s1. The Morgan fingerprint density at radius 2 is 2.12 bits per heavy atom. The Morgan fingerprint density at radius 1 is 1.32 bits per heavy atom. The minimum Gasteiger partial charge on any atom is -0.378 e. The van der Waals surface area contributed by atoms with Gasteiger partial charge in [-0.15, -0.1) is 0 Å². The predicted octanol–water partition coefficient (Wildman–Crippen LogP) is 2.27. The second kappa shape index (κ2) is 8.63. The Kier molecular flexibility index (Phi) is 6.26. The van der Waals surface area contributed by atoms with Crippen LogP contribution < -0.4 is 10.2 Å². The van der Waals surface area contributed by atoms with E-state index in [1.807, 2.05) is 18.3 Å². The monoisotopic (exact) mass is 347 g/mol. The molecule has 2 aliphatic heterocycles. The minimum absolute atomic E-state index is 0.0791. The van der Waals surface area contributed by atoms with Gasteiger partial charge in [-0.05, 0) is 44.7 Å². The smallest absolute Gasteiger partial charge is 0.220 e. The number of hydrogen-bond donors (Lipinski definition) is 1. The van der Waals surface area contributed by atoms with Crippen LogP contribution in [-0.2, 0) is 20.8 Å². The first-order valence-corrected chi connectivity index (χ1v) is 9.34. The van der Waals surface area contributed by atoms with Crippen LogP contribution >= 0.6 is 0 Å². The first kappa shape index (κ1) is 18.1. The van der Waals surface area contributed by atoms with Crippen LogP contribution in [0.4, 0.5) is 5.82 Å². The van der Waals surface area contributed by atoms with Crippen LogP contribution in [0.15, 0.2) is 18.3 Å². The molecule has 2 fully saturated rings. The molecule has 1 aromatic rings. The number of anilines is 1. The molecule has 1 N–H and O–H groups in total. The van der Waals surface area contributed by atoms with Crippen molar-refractivity contribution in [3.05, 3.63) is 23.9 Å². The van der Waals surface area contributed by atoms with Gasteiger partial charge in [0.1, 0.15) is 5.82 Å². The van der Waals surface area contributed by atoms with E-state index in [0.717, 1.165) is 50.3 Å². The zero-order valence-corrected chi connectivity index (χ0v) is 15.2. The third kappa shape index (κ3) is 5.41. The van der Waals surface area contributed by atoms with Crippen molar-refractivity contribution in [3.8, 4) is 0 Å². The molecule has 3 rings (SSSR count). The first-order valence-electron chi connectivity index (χ1n) is 9.34. The predicted molar refractivity (Wildman–Crippen MR) is 96.5 cm³/mol. The average molecular weight is 347 g/mol. The third-order valence-corrected chi connectivity index (χ3v) is 4.76. The fraction of sp³-hybridized carbons (Fsp3) is 0.684. The summed E-state index contributed by atoms with van der Waals surface area (Å²) in [7, 11) is 0. The molecular weight excluding hydrogens is 318 g/mol. The summed E-state index contributed by atoms with van der Waals surface area (Å²) in [5, 5.41) is 2.97. The summed E-state index contributed by atoms with van der Waals surface area (Å²) in [5.41, 5.74) is 1.02. The largest absolute Gasteiger partial charge is 0.378 e. The van der Waals surface area contributed by atoms with E-state index in [1.165, 1.54) is 0 Å². The van der Waals surface area contributed by atoms with Gasteiger partial charge < -0.3 is 19.7 Å². The number of pyridine rings is 1. The van der Waals surface area contributed by atoms with E-state index in [2.05, 4.69) is 29.0 Å². The second-order valence-corrected chi connectivity index (χ2v) is 7.14. The van der Waals surface area contributed by atoms with Gasteiger partial charge >= 0.3 is 0 Å². The van der Waals surface area contributed by atoms with E-state index >= 15 is 0 Å². The highest BCUT2D eigenvalue weighted by Gasteiger charge is 2.23. The Balaban J connectivity index is 1.43. The lowest BCUT2D eigenvalue weighted by atomic mass is 10.1. The highest BCUT2D eigenvalue weighted by molar-refractivity contribution is 5.75. The molecule has 0 radical (unpaired) electrons. The summed E-state index contributed by atoms with van der Waals surface area (Å²) in [4.78, 5) is 18.8. The molecule has 0 aliphatic carbocycles. The number of nitrogens with zero attached hydrogens (tertiary/aromatic N) is 2. The van der Waals surface area contributed by atoms with Crippen LogP contribution in [0.2, 0.25) is 0 Å². The summed E-state index contributed by atoms with van der Waals surface area (Å²) in [6.07, 6.45) is 6.09. The molecule has 2 saturated heterocycles. The molecule has 6 nitrogen and oxygen atoms in total. The zero-order valence-electron chi connectivity index (χ0n) is 15.2. The lowest BCUT2D eigenvalue weighted by Crippen LogP contribution is -2.45. The number of rotatable bonds is 6. The number of carbonyl (C=O) groups is 1. The molecule has 0 bridgehead atoms. The van der Waals surface area contributed by atoms with Gasteiger partial charge in [-0.3, -0.25) is 4.79 Å². The summed E-state index contributed by atoms with van der Waals surface area (Å²) in [5.74, 6) is 1.05. The fourth-order valence-corrected chi connectivity index (χ4v) is 3.53. The summed E-state index contributed by atoms with van der Waals surface area (Å²) in [6, 6.07) is 4.06. The van der Waals surface area contributed by atoms with Crippen molar-refractivity contribution in [3.63, 3.8) is 0 Å². The number of carbonyl (C=O) groups excluding carboxylic acids is 1. The van der Waals surface area contributed by atoms with E-state index in [1.54, 1.807) is 0 Å². The molecule has 0 aromatic carbocycles. The van der Waals surface area contributed by atoms with E-state index in [9.17, 15) is 4.79 Å². The third-order valence-electron chi connectivity index (χ3n) is 4.76. The summed E-state index contributed by atoms with van der Waals surface area (Å²) in [6.45, 7) is 7.25. The van der Waals surface area contributed by atoms with Crippen molar-refractivity contribution >= 4 is 11.7 Å². The zero-order chi connectivity index (χ0) is 17.6. The van der Waals surface area contributed by atoms with E-state index in [0.29, 0.717) is 13.0 Å². The van der Waals surface area contributed by atoms with Crippen LogP contribution in [0, 0.1) is 0 Å². The maximum Gasteiger partial charge on any atom is 0.220 e. The second-order valence-electron chi connectivity index (χ2n) is 7.14. The number of aromatic nitrogens is 1. The Labute approximate surface area is 149 Å². The van der Waals surface area contributed by atoms with Crippen molar-refractivity contribution in [2.75, 3.05) is 24.6 Å². The van der Waals surface area contributed by atoms with Crippen LogP contribution in [-0.4, -0.2) is 48.9 Å². The molecule has 0 unspecified atom stereocenters. The molecular formula is C19H29N3O3. The van der Waals surface area contributed by atoms with E-state index in [-0.39, 0.29) is 24.2 Å². The van der Waals surface area contributed by atoms with Crippen molar-refractivity contribution < 1.29 is 14.3 Å².